The quantitative estimate of drug-likeness (QED) is 0.526. The van der Waals surface area contributed by atoms with Crippen LogP contribution in [-0.2, 0) is 14.3 Å². The molecule has 1 aliphatic heterocycles. The highest BCUT2D eigenvalue weighted by atomic mass is 32.2. The first-order valence-electron chi connectivity index (χ1n) is 6.75. The molecule has 0 aromatic carbocycles. The Labute approximate surface area is 113 Å². The summed E-state index contributed by atoms with van der Waals surface area (Å²) in [7, 11) is 0. The van der Waals surface area contributed by atoms with Gasteiger partial charge in [-0.15, -0.1) is 0 Å². The number of carbonyl (C=O) groups excluding carboxylic acids is 2. The standard InChI is InChI=1S/C13H23NO3S/c1-2-17-13(16)11-18-10-6-9-14-8-5-3-4-7-12(14)15/h2-11H2,1H3. The van der Waals surface area contributed by atoms with Crippen LogP contribution in [0.2, 0.25) is 0 Å². The minimum Gasteiger partial charge on any atom is -0.465 e. The summed E-state index contributed by atoms with van der Waals surface area (Å²) < 4.78 is 4.85. The fourth-order valence-corrected chi connectivity index (χ4v) is 2.72. The molecule has 1 rings (SSSR count). The maximum absolute atomic E-state index is 11.7. The number of thioether (sulfide) groups is 1. The van der Waals surface area contributed by atoms with E-state index in [-0.39, 0.29) is 5.97 Å². The molecule has 104 valence electrons. The van der Waals surface area contributed by atoms with Crippen molar-refractivity contribution in [2.24, 2.45) is 0 Å². The predicted octanol–water partition coefficient (Wildman–Crippen LogP) is 2.08. The van der Waals surface area contributed by atoms with Crippen molar-refractivity contribution in [3.05, 3.63) is 0 Å². The first-order valence-corrected chi connectivity index (χ1v) is 7.90. The highest BCUT2D eigenvalue weighted by Crippen LogP contribution is 2.12. The van der Waals surface area contributed by atoms with Crippen LogP contribution < -0.4 is 0 Å². The zero-order valence-corrected chi connectivity index (χ0v) is 12.0. The predicted molar refractivity (Wildman–Crippen MR) is 73.6 cm³/mol. The number of likely N-dealkylation sites (tertiary alicyclic amines) is 1. The van der Waals surface area contributed by atoms with Gasteiger partial charge in [0.15, 0.2) is 0 Å². The van der Waals surface area contributed by atoms with E-state index in [9.17, 15) is 9.59 Å². The number of amides is 1. The Kier molecular flexibility index (Phi) is 7.89. The Morgan fingerprint density at radius 1 is 1.39 bits per heavy atom. The molecule has 0 aromatic rings. The van der Waals surface area contributed by atoms with Gasteiger partial charge in [0.25, 0.3) is 0 Å². The van der Waals surface area contributed by atoms with E-state index in [2.05, 4.69) is 0 Å². The molecule has 4 nitrogen and oxygen atoms in total. The van der Waals surface area contributed by atoms with E-state index < -0.39 is 0 Å². The normalized spacial score (nSPS) is 16.5. The summed E-state index contributed by atoms with van der Waals surface area (Å²) in [4.78, 5) is 24.8. The zero-order chi connectivity index (χ0) is 13.2. The topological polar surface area (TPSA) is 46.6 Å². The fraction of sp³-hybridized carbons (Fsp3) is 0.846. The Bertz CT molecular complexity index is 271. The van der Waals surface area contributed by atoms with Crippen molar-refractivity contribution in [3.8, 4) is 0 Å². The van der Waals surface area contributed by atoms with Gasteiger partial charge in [-0.1, -0.05) is 6.42 Å². The van der Waals surface area contributed by atoms with E-state index in [1.54, 1.807) is 11.8 Å². The Balaban J connectivity index is 2.06. The number of ether oxygens (including phenoxy) is 1. The van der Waals surface area contributed by atoms with Gasteiger partial charge in [0.2, 0.25) is 5.91 Å². The number of rotatable bonds is 7. The summed E-state index contributed by atoms with van der Waals surface area (Å²) in [6, 6.07) is 0. The Morgan fingerprint density at radius 2 is 2.22 bits per heavy atom. The van der Waals surface area contributed by atoms with E-state index in [0.717, 1.165) is 38.1 Å². The molecule has 0 aliphatic carbocycles. The van der Waals surface area contributed by atoms with Gasteiger partial charge >= 0.3 is 5.97 Å². The lowest BCUT2D eigenvalue weighted by Crippen LogP contribution is -2.31. The first kappa shape index (κ1) is 15.3. The molecule has 0 atom stereocenters. The van der Waals surface area contributed by atoms with Crippen LogP contribution in [0.25, 0.3) is 0 Å². The third-order valence-electron chi connectivity index (χ3n) is 2.91. The summed E-state index contributed by atoms with van der Waals surface area (Å²) in [5.41, 5.74) is 0. The second kappa shape index (κ2) is 9.25. The molecule has 0 radical (unpaired) electrons. The number of hydrogen-bond donors (Lipinski definition) is 0. The highest BCUT2D eigenvalue weighted by Gasteiger charge is 2.15. The Morgan fingerprint density at radius 3 is 3.00 bits per heavy atom. The highest BCUT2D eigenvalue weighted by molar-refractivity contribution is 7.99. The van der Waals surface area contributed by atoms with Crippen LogP contribution >= 0.6 is 11.8 Å². The summed E-state index contributed by atoms with van der Waals surface area (Å²) >= 11 is 1.58. The molecule has 0 unspecified atom stereocenters. The van der Waals surface area contributed by atoms with Gasteiger partial charge in [-0.3, -0.25) is 9.59 Å². The summed E-state index contributed by atoms with van der Waals surface area (Å²) in [6.45, 7) is 3.99. The van der Waals surface area contributed by atoms with Gasteiger partial charge < -0.3 is 9.64 Å². The summed E-state index contributed by atoms with van der Waals surface area (Å²) in [6.07, 6.45) is 4.99. The fourth-order valence-electron chi connectivity index (χ4n) is 1.99. The molecule has 0 aromatic heterocycles. The lowest BCUT2D eigenvalue weighted by Gasteiger charge is -2.20. The summed E-state index contributed by atoms with van der Waals surface area (Å²) in [5.74, 6) is 1.47. The van der Waals surface area contributed by atoms with Crippen molar-refractivity contribution in [3.63, 3.8) is 0 Å². The monoisotopic (exact) mass is 273 g/mol. The number of nitrogens with zero attached hydrogens (tertiary/aromatic N) is 1. The summed E-state index contributed by atoms with van der Waals surface area (Å²) in [5, 5.41) is 0. The van der Waals surface area contributed by atoms with Crippen molar-refractivity contribution in [1.82, 2.24) is 4.90 Å². The second-order valence-corrected chi connectivity index (χ2v) is 5.51. The third-order valence-corrected chi connectivity index (χ3v) is 3.93. The van der Waals surface area contributed by atoms with Gasteiger partial charge in [0.1, 0.15) is 0 Å². The van der Waals surface area contributed by atoms with E-state index in [4.69, 9.17) is 4.74 Å². The smallest absolute Gasteiger partial charge is 0.315 e. The molecule has 1 fully saturated rings. The molecular formula is C13H23NO3S. The average Bonchev–Trinajstić information content (AvgIpc) is 2.54. The maximum atomic E-state index is 11.7. The molecule has 0 N–H and O–H groups in total. The van der Waals surface area contributed by atoms with Crippen LogP contribution in [0.3, 0.4) is 0 Å². The van der Waals surface area contributed by atoms with Crippen LogP contribution in [-0.4, -0.2) is 48.0 Å². The van der Waals surface area contributed by atoms with E-state index >= 15 is 0 Å². The minimum absolute atomic E-state index is 0.145. The maximum Gasteiger partial charge on any atom is 0.315 e. The third kappa shape index (κ3) is 6.28. The molecule has 0 spiro atoms. The van der Waals surface area contributed by atoms with E-state index in [1.807, 2.05) is 11.8 Å². The van der Waals surface area contributed by atoms with Crippen molar-refractivity contribution < 1.29 is 14.3 Å². The van der Waals surface area contributed by atoms with E-state index in [0.29, 0.717) is 24.7 Å². The molecule has 1 saturated heterocycles. The minimum atomic E-state index is -0.145. The largest absolute Gasteiger partial charge is 0.465 e. The van der Waals surface area contributed by atoms with Crippen molar-refractivity contribution in [2.45, 2.75) is 39.0 Å². The van der Waals surface area contributed by atoms with Crippen molar-refractivity contribution in [2.75, 3.05) is 31.2 Å². The Hall–Kier alpha value is -0.710. The number of esters is 1. The van der Waals surface area contributed by atoms with Gasteiger partial charge in [0.05, 0.1) is 12.4 Å². The lowest BCUT2D eigenvalue weighted by molar-refractivity contribution is -0.139. The van der Waals surface area contributed by atoms with Crippen LogP contribution in [0.4, 0.5) is 0 Å². The SMILES string of the molecule is CCOC(=O)CSCCCN1CCCCCC1=O. The van der Waals surface area contributed by atoms with Crippen molar-refractivity contribution >= 4 is 23.6 Å². The van der Waals surface area contributed by atoms with Crippen LogP contribution in [0.5, 0.6) is 0 Å². The van der Waals surface area contributed by atoms with Crippen molar-refractivity contribution in [1.29, 1.82) is 0 Å². The van der Waals surface area contributed by atoms with Gasteiger partial charge in [-0.05, 0) is 31.9 Å². The molecule has 1 amide bonds. The molecule has 5 heteroatoms. The molecular weight excluding hydrogens is 250 g/mol. The molecule has 0 saturated carbocycles. The van der Waals surface area contributed by atoms with Crippen LogP contribution in [0.15, 0.2) is 0 Å². The first-order chi connectivity index (χ1) is 8.74. The molecule has 1 aliphatic rings. The number of carbonyl (C=O) groups is 2. The molecule has 1 heterocycles. The average molecular weight is 273 g/mol. The second-order valence-electron chi connectivity index (χ2n) is 4.40. The zero-order valence-electron chi connectivity index (χ0n) is 11.2. The van der Waals surface area contributed by atoms with E-state index in [1.165, 1.54) is 6.42 Å². The van der Waals surface area contributed by atoms with Crippen LogP contribution in [0, 0.1) is 0 Å². The van der Waals surface area contributed by atoms with Crippen LogP contribution in [0.1, 0.15) is 39.0 Å². The van der Waals surface area contributed by atoms with Gasteiger partial charge in [-0.25, -0.2) is 0 Å². The van der Waals surface area contributed by atoms with Gasteiger partial charge in [-0.2, -0.15) is 11.8 Å². The lowest BCUT2D eigenvalue weighted by atomic mass is 10.2. The van der Waals surface area contributed by atoms with Gasteiger partial charge in [0, 0.05) is 19.5 Å². The number of hydrogen-bond acceptors (Lipinski definition) is 4. The molecule has 0 bridgehead atoms. The molecule has 18 heavy (non-hydrogen) atoms.